The Balaban J connectivity index is 2.04. The summed E-state index contributed by atoms with van der Waals surface area (Å²) in [4.78, 5) is 36.9. The van der Waals surface area contributed by atoms with Crippen molar-refractivity contribution in [3.05, 3.63) is 46.8 Å². The fourth-order valence-corrected chi connectivity index (χ4v) is 2.70. The minimum Gasteiger partial charge on any atom is -0.345 e. The average molecular weight is 331 g/mol. The Morgan fingerprint density at radius 3 is 2.17 bits per heavy atom. The molecule has 2 aromatic rings. The van der Waals surface area contributed by atoms with Crippen LogP contribution in [0.3, 0.4) is 0 Å². The second-order valence-electron chi connectivity index (χ2n) is 5.08. The summed E-state index contributed by atoms with van der Waals surface area (Å²) in [5.41, 5.74) is 1.15. The number of carbonyl (C=O) groups is 3. The molecule has 3 amide bonds. The van der Waals surface area contributed by atoms with Crippen LogP contribution < -0.4 is 10.6 Å². The zero-order valence-corrected chi connectivity index (χ0v) is 13.9. The van der Waals surface area contributed by atoms with E-state index in [1.807, 2.05) is 0 Å². The van der Waals surface area contributed by atoms with E-state index in [0.29, 0.717) is 21.1 Å². The van der Waals surface area contributed by atoms with Crippen LogP contribution in [0, 0.1) is 0 Å². The molecule has 1 heterocycles. The molecule has 0 unspecified atom stereocenters. The zero-order chi connectivity index (χ0) is 17.0. The van der Waals surface area contributed by atoms with Gasteiger partial charge in [-0.05, 0) is 36.4 Å². The minimum atomic E-state index is -0.265. The van der Waals surface area contributed by atoms with E-state index < -0.39 is 0 Å². The van der Waals surface area contributed by atoms with Gasteiger partial charge in [-0.25, -0.2) is 0 Å². The van der Waals surface area contributed by atoms with Crippen LogP contribution in [-0.4, -0.2) is 36.7 Å². The molecule has 0 fully saturated rings. The molecule has 7 heteroatoms. The third kappa shape index (κ3) is 4.40. The Hall–Kier alpha value is -2.67. The lowest BCUT2D eigenvalue weighted by atomic mass is 10.2. The number of benzene rings is 1. The van der Waals surface area contributed by atoms with E-state index >= 15 is 0 Å². The zero-order valence-electron chi connectivity index (χ0n) is 13.0. The molecule has 2 rings (SSSR count). The summed E-state index contributed by atoms with van der Waals surface area (Å²) in [7, 11) is 3.36. The minimum absolute atomic E-state index is 0.0962. The highest BCUT2D eigenvalue weighted by Gasteiger charge is 2.11. The van der Waals surface area contributed by atoms with E-state index in [0.717, 1.165) is 0 Å². The Kier molecular flexibility index (Phi) is 5.13. The smallest absolute Gasteiger partial charge is 0.265 e. The highest BCUT2D eigenvalue weighted by molar-refractivity contribution is 7.18. The molecule has 1 aromatic carbocycles. The van der Waals surface area contributed by atoms with Gasteiger partial charge in [0.1, 0.15) is 0 Å². The van der Waals surface area contributed by atoms with Crippen molar-refractivity contribution in [2.24, 2.45) is 0 Å². The van der Waals surface area contributed by atoms with Crippen molar-refractivity contribution >= 4 is 39.7 Å². The normalized spacial score (nSPS) is 10.0. The van der Waals surface area contributed by atoms with Crippen LogP contribution in [0.2, 0.25) is 0 Å². The van der Waals surface area contributed by atoms with Crippen LogP contribution in [-0.2, 0) is 4.79 Å². The van der Waals surface area contributed by atoms with Crippen molar-refractivity contribution in [2.45, 2.75) is 6.92 Å². The molecule has 0 aliphatic rings. The fourth-order valence-electron chi connectivity index (χ4n) is 1.85. The number of hydrogen-bond acceptors (Lipinski definition) is 4. The molecular weight excluding hydrogens is 314 g/mol. The van der Waals surface area contributed by atoms with Crippen molar-refractivity contribution in [1.29, 1.82) is 0 Å². The molecule has 0 saturated heterocycles. The molecule has 0 atom stereocenters. The van der Waals surface area contributed by atoms with Crippen LogP contribution in [0.5, 0.6) is 0 Å². The quantitative estimate of drug-likeness (QED) is 0.904. The number of amides is 3. The number of nitrogens with one attached hydrogen (secondary N) is 2. The predicted octanol–water partition coefficient (Wildman–Crippen LogP) is 2.66. The van der Waals surface area contributed by atoms with Gasteiger partial charge in [0.05, 0.1) is 9.88 Å². The Bertz CT molecular complexity index is 735. The van der Waals surface area contributed by atoms with Crippen molar-refractivity contribution < 1.29 is 14.4 Å². The van der Waals surface area contributed by atoms with Crippen LogP contribution >= 0.6 is 11.3 Å². The fraction of sp³-hybridized carbons (Fsp3) is 0.188. The number of hydrogen-bond donors (Lipinski definition) is 2. The third-order valence-electron chi connectivity index (χ3n) is 2.92. The number of nitrogens with zero attached hydrogens (tertiary/aromatic N) is 1. The van der Waals surface area contributed by atoms with Gasteiger partial charge in [0.15, 0.2) is 0 Å². The van der Waals surface area contributed by atoms with Gasteiger partial charge in [0.2, 0.25) is 5.91 Å². The van der Waals surface area contributed by atoms with E-state index in [9.17, 15) is 14.4 Å². The highest BCUT2D eigenvalue weighted by atomic mass is 32.1. The molecule has 0 aliphatic heterocycles. The maximum absolute atomic E-state index is 12.2. The summed E-state index contributed by atoms with van der Waals surface area (Å²) >= 11 is 1.20. The first kappa shape index (κ1) is 16.7. The summed E-state index contributed by atoms with van der Waals surface area (Å²) in [6, 6.07) is 10.0. The Morgan fingerprint density at radius 2 is 1.61 bits per heavy atom. The van der Waals surface area contributed by atoms with E-state index in [-0.39, 0.29) is 17.7 Å². The molecule has 0 bridgehead atoms. The summed E-state index contributed by atoms with van der Waals surface area (Å²) in [6.07, 6.45) is 0. The van der Waals surface area contributed by atoms with Gasteiger partial charge in [-0.1, -0.05) is 0 Å². The van der Waals surface area contributed by atoms with Crippen LogP contribution in [0.4, 0.5) is 10.7 Å². The molecular formula is C16H17N3O3S. The summed E-state index contributed by atoms with van der Waals surface area (Å²) in [5, 5.41) is 6.01. The van der Waals surface area contributed by atoms with Crippen molar-refractivity contribution in [3.8, 4) is 0 Å². The van der Waals surface area contributed by atoms with Gasteiger partial charge in [-0.2, -0.15) is 0 Å². The maximum Gasteiger partial charge on any atom is 0.265 e. The van der Waals surface area contributed by atoms with Crippen molar-refractivity contribution in [3.63, 3.8) is 0 Å². The van der Waals surface area contributed by atoms with E-state index in [1.165, 1.54) is 23.2 Å². The topological polar surface area (TPSA) is 78.5 Å². The lowest BCUT2D eigenvalue weighted by Crippen LogP contribution is -2.21. The number of anilines is 2. The third-order valence-corrected chi connectivity index (χ3v) is 3.92. The lowest BCUT2D eigenvalue weighted by molar-refractivity contribution is -0.114. The molecule has 0 radical (unpaired) electrons. The maximum atomic E-state index is 12.2. The standard InChI is InChI=1S/C16H17N3O3S/c1-10(20)17-14-9-8-13(23-14)15(21)18-12-6-4-11(5-7-12)16(22)19(2)3/h4-9H,1-3H3,(H,17,20)(H,18,21). The number of thiophene rings is 1. The van der Waals surface area contributed by atoms with Gasteiger partial charge in [0.25, 0.3) is 11.8 Å². The van der Waals surface area contributed by atoms with Gasteiger partial charge < -0.3 is 15.5 Å². The molecule has 2 N–H and O–H groups in total. The summed E-state index contributed by atoms with van der Waals surface area (Å²) < 4.78 is 0. The Morgan fingerprint density at radius 1 is 0.957 bits per heavy atom. The monoisotopic (exact) mass is 331 g/mol. The molecule has 120 valence electrons. The molecule has 0 spiro atoms. The first-order valence-electron chi connectivity index (χ1n) is 6.87. The van der Waals surface area contributed by atoms with Crippen molar-refractivity contribution in [1.82, 2.24) is 4.90 Å². The molecule has 0 saturated carbocycles. The molecule has 6 nitrogen and oxygen atoms in total. The van der Waals surface area contributed by atoms with Crippen LogP contribution in [0.15, 0.2) is 36.4 Å². The van der Waals surface area contributed by atoms with Crippen LogP contribution in [0.1, 0.15) is 27.0 Å². The molecule has 23 heavy (non-hydrogen) atoms. The number of rotatable bonds is 4. The van der Waals surface area contributed by atoms with E-state index in [4.69, 9.17) is 0 Å². The van der Waals surface area contributed by atoms with E-state index in [1.54, 1.807) is 50.5 Å². The van der Waals surface area contributed by atoms with Gasteiger partial charge in [0, 0.05) is 32.3 Å². The largest absolute Gasteiger partial charge is 0.345 e. The highest BCUT2D eigenvalue weighted by Crippen LogP contribution is 2.23. The summed E-state index contributed by atoms with van der Waals surface area (Å²) in [5.74, 6) is -0.542. The van der Waals surface area contributed by atoms with E-state index in [2.05, 4.69) is 10.6 Å². The number of carbonyl (C=O) groups excluding carboxylic acids is 3. The van der Waals surface area contributed by atoms with Crippen LogP contribution in [0.25, 0.3) is 0 Å². The predicted molar refractivity (Wildman–Crippen MR) is 91.0 cm³/mol. The lowest BCUT2D eigenvalue weighted by Gasteiger charge is -2.10. The van der Waals surface area contributed by atoms with Crippen molar-refractivity contribution in [2.75, 3.05) is 24.7 Å². The van der Waals surface area contributed by atoms with Gasteiger partial charge >= 0.3 is 0 Å². The SMILES string of the molecule is CC(=O)Nc1ccc(C(=O)Nc2ccc(C(=O)N(C)C)cc2)s1. The molecule has 1 aromatic heterocycles. The van der Waals surface area contributed by atoms with Gasteiger partial charge in [-0.3, -0.25) is 14.4 Å². The van der Waals surface area contributed by atoms with Gasteiger partial charge in [-0.15, -0.1) is 11.3 Å². The summed E-state index contributed by atoms with van der Waals surface area (Å²) in [6.45, 7) is 1.41. The average Bonchev–Trinajstić information content (AvgIpc) is 2.95. The first-order chi connectivity index (χ1) is 10.9. The first-order valence-corrected chi connectivity index (χ1v) is 7.69. The second-order valence-corrected chi connectivity index (χ2v) is 6.16. The molecule has 0 aliphatic carbocycles. The Labute approximate surface area is 138 Å². The second kappa shape index (κ2) is 7.06.